The first-order chi connectivity index (χ1) is 16.2. The Morgan fingerprint density at radius 3 is 2.24 bits per heavy atom. The summed E-state index contributed by atoms with van der Waals surface area (Å²) >= 11 is 0. The fraction of sp³-hybridized carbons (Fsp3) is 0.370. The fourth-order valence-electron chi connectivity index (χ4n) is 3.57. The van der Waals surface area contributed by atoms with Gasteiger partial charge in [0.05, 0.1) is 6.54 Å². The van der Waals surface area contributed by atoms with Gasteiger partial charge in [0.25, 0.3) is 0 Å². The van der Waals surface area contributed by atoms with Crippen LogP contribution >= 0.6 is 0 Å². The quantitative estimate of drug-likeness (QED) is 0.178. The summed E-state index contributed by atoms with van der Waals surface area (Å²) in [6.07, 6.45) is 5.14. The molecule has 0 atom stereocenters. The van der Waals surface area contributed by atoms with E-state index in [4.69, 9.17) is 21.3 Å². The van der Waals surface area contributed by atoms with E-state index < -0.39 is 5.54 Å². The predicted octanol–water partition coefficient (Wildman–Crippen LogP) is 5.20. The number of hydrogen-bond acceptors (Lipinski definition) is 4. The van der Waals surface area contributed by atoms with Gasteiger partial charge in [-0.1, -0.05) is 62.4 Å². The number of primary amides is 1. The first kappa shape index (κ1) is 28.6. The summed E-state index contributed by atoms with van der Waals surface area (Å²) < 4.78 is 0. The molecule has 1 heterocycles. The van der Waals surface area contributed by atoms with E-state index in [0.29, 0.717) is 31.1 Å². The number of carbonyl (C=O) groups is 1. The van der Waals surface area contributed by atoms with Crippen molar-refractivity contribution in [3.63, 3.8) is 0 Å². The molecule has 7 N–H and O–H groups in total. The highest BCUT2D eigenvalue weighted by Crippen LogP contribution is 2.20. The Bertz CT molecular complexity index is 1020. The van der Waals surface area contributed by atoms with Crippen molar-refractivity contribution in [1.29, 1.82) is 10.8 Å². The van der Waals surface area contributed by atoms with Gasteiger partial charge in [0, 0.05) is 35.5 Å². The van der Waals surface area contributed by atoms with Crippen molar-refractivity contribution < 1.29 is 4.79 Å². The van der Waals surface area contributed by atoms with E-state index in [1.165, 1.54) is 10.9 Å². The summed E-state index contributed by atoms with van der Waals surface area (Å²) in [5.41, 5.74) is 13.4. The number of aromatic nitrogens is 1. The van der Waals surface area contributed by atoms with Crippen LogP contribution in [0.25, 0.3) is 10.9 Å². The lowest BCUT2D eigenvalue weighted by Gasteiger charge is -2.29. The summed E-state index contributed by atoms with van der Waals surface area (Å²) in [5, 5.41) is 18.5. The van der Waals surface area contributed by atoms with Gasteiger partial charge in [-0.25, -0.2) is 0 Å². The van der Waals surface area contributed by atoms with Crippen molar-refractivity contribution in [2.75, 3.05) is 0 Å². The highest BCUT2D eigenvalue weighted by molar-refractivity contribution is 5.98. The van der Waals surface area contributed by atoms with E-state index in [2.05, 4.69) is 35.1 Å². The minimum atomic E-state index is -0.476. The Hall–Kier alpha value is -3.45. The number of amides is 1. The number of benzene rings is 2. The second kappa shape index (κ2) is 14.6. The van der Waals surface area contributed by atoms with Gasteiger partial charge >= 0.3 is 0 Å². The minimum absolute atomic E-state index is 0.250. The molecule has 34 heavy (non-hydrogen) atoms. The van der Waals surface area contributed by atoms with Crippen LogP contribution in [0.2, 0.25) is 0 Å². The Morgan fingerprint density at radius 1 is 1.03 bits per heavy atom. The molecule has 0 saturated carbocycles. The van der Waals surface area contributed by atoms with Gasteiger partial charge < -0.3 is 21.4 Å². The van der Waals surface area contributed by atoms with Gasteiger partial charge in [-0.15, -0.1) is 0 Å². The Balaban J connectivity index is 0.00000107. The van der Waals surface area contributed by atoms with Gasteiger partial charge in [-0.3, -0.25) is 15.6 Å². The van der Waals surface area contributed by atoms with E-state index in [1.807, 2.05) is 64.1 Å². The van der Waals surface area contributed by atoms with Crippen LogP contribution in [-0.4, -0.2) is 33.5 Å². The molecule has 0 aliphatic rings. The molecule has 7 nitrogen and oxygen atoms in total. The molecule has 2 aromatic carbocycles. The fourth-order valence-corrected chi connectivity index (χ4v) is 3.57. The first-order valence-electron chi connectivity index (χ1n) is 11.7. The molecular weight excluding hydrogens is 424 g/mol. The molecule has 0 fully saturated rings. The average molecular weight is 465 g/mol. The molecule has 1 aromatic heterocycles. The van der Waals surface area contributed by atoms with Crippen LogP contribution in [0.15, 0.2) is 60.8 Å². The molecule has 1 amide bonds. The van der Waals surface area contributed by atoms with Crippen molar-refractivity contribution in [3.05, 3.63) is 71.9 Å². The van der Waals surface area contributed by atoms with Crippen LogP contribution in [0, 0.1) is 10.8 Å². The largest absolute Gasteiger partial charge is 0.372 e. The molecule has 0 bridgehead atoms. The maximum Gasteiger partial charge on any atom is 0.204 e. The molecule has 184 valence electrons. The van der Waals surface area contributed by atoms with Crippen LogP contribution in [0.1, 0.15) is 58.1 Å². The Morgan fingerprint density at radius 2 is 1.62 bits per heavy atom. The maximum atomic E-state index is 8.66. The van der Waals surface area contributed by atoms with Gasteiger partial charge in [0.1, 0.15) is 11.7 Å². The lowest BCUT2D eigenvalue weighted by atomic mass is 10.0. The zero-order chi connectivity index (χ0) is 25.6. The molecule has 3 rings (SSSR count). The number of nitrogens with one attached hydrogen (secondary N) is 3. The van der Waals surface area contributed by atoms with E-state index in [9.17, 15) is 0 Å². The van der Waals surface area contributed by atoms with Gasteiger partial charge in [0.15, 0.2) is 0 Å². The third kappa shape index (κ3) is 9.58. The number of carbonyl (C=O) groups excluding carboxylic acids is 1. The number of nitrogens with zero attached hydrogens (tertiary/aromatic N) is 1. The summed E-state index contributed by atoms with van der Waals surface area (Å²) in [7, 11) is 0. The number of hydrogen-bond donors (Lipinski definition) is 5. The Kier molecular flexibility index (Phi) is 12.3. The summed E-state index contributed by atoms with van der Waals surface area (Å²) in [5.74, 6) is 0.876. The van der Waals surface area contributed by atoms with E-state index in [0.717, 1.165) is 23.9 Å². The van der Waals surface area contributed by atoms with E-state index in [1.54, 1.807) is 4.90 Å². The zero-order valence-electron chi connectivity index (χ0n) is 20.9. The number of rotatable bonds is 8. The highest BCUT2D eigenvalue weighted by atomic mass is 16.1. The molecule has 0 saturated heterocycles. The molecule has 7 heteroatoms. The monoisotopic (exact) mass is 464 g/mol. The van der Waals surface area contributed by atoms with Gasteiger partial charge in [-0.2, -0.15) is 0 Å². The van der Waals surface area contributed by atoms with Crippen LogP contribution in [0.4, 0.5) is 0 Å². The lowest BCUT2D eigenvalue weighted by molar-refractivity contribution is -0.106. The van der Waals surface area contributed by atoms with E-state index >= 15 is 0 Å². The number of amidine groups is 2. The van der Waals surface area contributed by atoms with Crippen molar-refractivity contribution in [2.45, 2.75) is 65.5 Å². The second-order valence-electron chi connectivity index (χ2n) is 8.48. The molecule has 0 spiro atoms. The van der Waals surface area contributed by atoms with Crippen molar-refractivity contribution >= 4 is 29.0 Å². The summed E-state index contributed by atoms with van der Waals surface area (Å²) in [6, 6.07) is 18.3. The van der Waals surface area contributed by atoms with Gasteiger partial charge in [0.2, 0.25) is 6.41 Å². The van der Waals surface area contributed by atoms with Crippen LogP contribution in [-0.2, 0) is 17.8 Å². The molecule has 0 radical (unpaired) electrons. The number of nitrogens with two attached hydrogens (primary N) is 2. The molecular formula is C27H40N6O. The third-order valence-corrected chi connectivity index (χ3v) is 4.99. The van der Waals surface area contributed by atoms with Gasteiger partial charge in [-0.05, 0) is 43.9 Å². The SMILES string of the molecule is CC.CC(C)(N)CC(=N)N(Cc1ccccc1)C(=N)CCCc1c[nH]c2ccccc12.NC=O. The number of aromatic amines is 1. The zero-order valence-corrected chi connectivity index (χ0v) is 20.9. The molecule has 3 aromatic rings. The normalized spacial score (nSPS) is 10.4. The molecule has 0 aliphatic heterocycles. The topological polar surface area (TPSA) is 136 Å². The maximum absolute atomic E-state index is 8.66. The number of aryl methyl sites for hydroxylation is 1. The molecule has 0 unspecified atom stereocenters. The number of H-pyrrole nitrogens is 1. The van der Waals surface area contributed by atoms with Crippen molar-refractivity contribution in [3.8, 4) is 0 Å². The second-order valence-corrected chi connectivity index (χ2v) is 8.48. The van der Waals surface area contributed by atoms with Crippen LogP contribution in [0.3, 0.4) is 0 Å². The molecule has 0 aliphatic carbocycles. The number of para-hydroxylation sites is 1. The lowest BCUT2D eigenvalue weighted by Crippen LogP contribution is -2.43. The number of fused-ring (bicyclic) bond motifs is 1. The predicted molar refractivity (Wildman–Crippen MR) is 143 cm³/mol. The highest BCUT2D eigenvalue weighted by Gasteiger charge is 2.21. The smallest absolute Gasteiger partial charge is 0.204 e. The third-order valence-electron chi connectivity index (χ3n) is 4.99. The van der Waals surface area contributed by atoms with Crippen molar-refractivity contribution in [1.82, 2.24) is 9.88 Å². The summed E-state index contributed by atoms with van der Waals surface area (Å²) in [6.45, 7) is 8.37. The first-order valence-corrected chi connectivity index (χ1v) is 11.7. The Labute approximate surface area is 203 Å². The average Bonchev–Trinajstić information content (AvgIpc) is 3.22. The van der Waals surface area contributed by atoms with Crippen LogP contribution in [0.5, 0.6) is 0 Å². The summed E-state index contributed by atoms with van der Waals surface area (Å²) in [4.78, 5) is 13.7. The van der Waals surface area contributed by atoms with E-state index in [-0.39, 0.29) is 6.41 Å². The standard InChI is InChI=1S/C24H31N5.C2H6.CH3NO/c1-24(2,27)15-23(26)29(17-18-9-4-3-5-10-18)22(25)14-8-11-19-16-28-21-13-7-6-12-20(19)21;1-2;2-1-3/h3-7,9-10,12-13,16,25-26,28H,8,11,14-15,17,27H2,1-2H3;1-2H3;1H,(H2,2,3). The van der Waals surface area contributed by atoms with Crippen LogP contribution < -0.4 is 11.5 Å². The van der Waals surface area contributed by atoms with Crippen molar-refractivity contribution in [2.24, 2.45) is 11.5 Å². The minimum Gasteiger partial charge on any atom is -0.372 e.